The zero-order chi connectivity index (χ0) is 15.3. The van der Waals surface area contributed by atoms with Gasteiger partial charge in [-0.2, -0.15) is 0 Å². The zero-order valence-electron chi connectivity index (χ0n) is 11.5. The van der Waals surface area contributed by atoms with Crippen LogP contribution in [0.25, 0.3) is 0 Å². The minimum Gasteiger partial charge on any atom is -0.493 e. The first kappa shape index (κ1) is 16.4. The maximum atomic E-state index is 11.4. The van der Waals surface area contributed by atoms with E-state index in [-0.39, 0.29) is 0 Å². The summed E-state index contributed by atoms with van der Waals surface area (Å²) in [5, 5.41) is 0. The average Bonchev–Trinajstić information content (AvgIpc) is 2.45. The van der Waals surface area contributed by atoms with Crippen molar-refractivity contribution in [3.05, 3.63) is 53.0 Å². The van der Waals surface area contributed by atoms with Gasteiger partial charge < -0.3 is 4.74 Å². The fraction of sp³-hybridized carbons (Fsp3) is 0.200. The van der Waals surface area contributed by atoms with Crippen molar-refractivity contribution >= 4 is 37.5 Å². The molecule has 0 N–H and O–H groups in total. The summed E-state index contributed by atoms with van der Waals surface area (Å²) >= 11 is 5.01. The Morgan fingerprint density at radius 2 is 1.67 bits per heavy atom. The number of ether oxygens (including phenoxy) is 1. The molecule has 0 fully saturated rings. The normalized spacial score (nSPS) is 11.3. The lowest BCUT2D eigenvalue weighted by Gasteiger charge is -2.06. The molecule has 2 aromatic carbocycles. The molecule has 2 rings (SSSR count). The Balaban J connectivity index is 1.80. The van der Waals surface area contributed by atoms with E-state index in [4.69, 9.17) is 4.74 Å². The Bertz CT molecular complexity index is 680. The van der Waals surface area contributed by atoms with Gasteiger partial charge in [-0.1, -0.05) is 15.9 Å². The van der Waals surface area contributed by atoms with Crippen LogP contribution in [0.5, 0.6) is 5.75 Å². The molecule has 0 saturated heterocycles. The van der Waals surface area contributed by atoms with Crippen LogP contribution in [-0.4, -0.2) is 27.0 Å². The molecule has 6 heteroatoms. The van der Waals surface area contributed by atoms with Crippen LogP contribution in [0.2, 0.25) is 0 Å². The summed E-state index contributed by atoms with van der Waals surface area (Å²) in [5.74, 6) is 1.64. The SMILES string of the molecule is CS(=O)(=O)c1ccc(SCCOc2ccc(Br)cc2)cc1. The van der Waals surface area contributed by atoms with Gasteiger partial charge in [-0.25, -0.2) is 8.42 Å². The fourth-order valence-corrected chi connectivity index (χ4v) is 3.26. The highest BCUT2D eigenvalue weighted by atomic mass is 79.9. The summed E-state index contributed by atoms with van der Waals surface area (Å²) in [5.41, 5.74) is 0. The highest BCUT2D eigenvalue weighted by molar-refractivity contribution is 9.10. The van der Waals surface area contributed by atoms with Gasteiger partial charge in [-0.05, 0) is 48.5 Å². The molecule has 0 bridgehead atoms. The number of benzene rings is 2. The second-order valence-corrected chi connectivity index (χ2v) is 8.49. The molecule has 0 amide bonds. The van der Waals surface area contributed by atoms with Gasteiger partial charge in [0.25, 0.3) is 0 Å². The van der Waals surface area contributed by atoms with E-state index < -0.39 is 9.84 Å². The maximum Gasteiger partial charge on any atom is 0.175 e. The van der Waals surface area contributed by atoms with Crippen LogP contribution in [0.4, 0.5) is 0 Å². The number of sulfone groups is 1. The third-order valence-corrected chi connectivity index (χ3v) is 5.32. The van der Waals surface area contributed by atoms with Crippen LogP contribution in [0, 0.1) is 0 Å². The first-order chi connectivity index (χ1) is 9.95. The van der Waals surface area contributed by atoms with E-state index in [0.717, 1.165) is 20.9 Å². The predicted octanol–water partition coefficient (Wildman–Crippen LogP) is 4.02. The summed E-state index contributed by atoms with van der Waals surface area (Å²) < 4.78 is 29.4. The quantitative estimate of drug-likeness (QED) is 0.555. The molecule has 3 nitrogen and oxygen atoms in total. The summed E-state index contributed by atoms with van der Waals surface area (Å²) in [6.07, 6.45) is 1.21. The molecular weight excluding hydrogens is 372 g/mol. The zero-order valence-corrected chi connectivity index (χ0v) is 14.7. The van der Waals surface area contributed by atoms with E-state index in [2.05, 4.69) is 15.9 Å². The molecular formula is C15H15BrO3S2. The molecule has 112 valence electrons. The van der Waals surface area contributed by atoms with Crippen molar-refractivity contribution in [1.29, 1.82) is 0 Å². The fourth-order valence-electron chi connectivity index (χ4n) is 1.63. The molecule has 0 aliphatic heterocycles. The van der Waals surface area contributed by atoms with Crippen LogP contribution in [0.1, 0.15) is 0 Å². The Hall–Kier alpha value is -0.980. The smallest absolute Gasteiger partial charge is 0.175 e. The van der Waals surface area contributed by atoms with Crippen molar-refractivity contribution < 1.29 is 13.2 Å². The summed E-state index contributed by atoms with van der Waals surface area (Å²) in [7, 11) is -3.12. The molecule has 2 aromatic rings. The average molecular weight is 387 g/mol. The minimum atomic E-state index is -3.12. The molecule has 0 saturated carbocycles. The third-order valence-electron chi connectivity index (χ3n) is 2.69. The van der Waals surface area contributed by atoms with Crippen molar-refractivity contribution in [2.24, 2.45) is 0 Å². The molecule has 0 unspecified atom stereocenters. The van der Waals surface area contributed by atoms with Crippen molar-refractivity contribution in [3.8, 4) is 5.75 Å². The van der Waals surface area contributed by atoms with Crippen molar-refractivity contribution in [3.63, 3.8) is 0 Å². The Morgan fingerprint density at radius 1 is 1.05 bits per heavy atom. The summed E-state index contributed by atoms with van der Waals surface area (Å²) in [4.78, 5) is 1.37. The molecule has 0 aromatic heterocycles. The molecule has 0 aliphatic carbocycles. The highest BCUT2D eigenvalue weighted by Crippen LogP contribution is 2.21. The van der Waals surface area contributed by atoms with E-state index in [1.807, 2.05) is 36.4 Å². The van der Waals surface area contributed by atoms with Crippen LogP contribution in [0.15, 0.2) is 62.8 Å². The van der Waals surface area contributed by atoms with Gasteiger partial charge in [0.2, 0.25) is 0 Å². The van der Waals surface area contributed by atoms with Gasteiger partial charge in [0.1, 0.15) is 5.75 Å². The first-order valence-electron chi connectivity index (χ1n) is 6.26. The van der Waals surface area contributed by atoms with Gasteiger partial charge in [-0.15, -0.1) is 11.8 Å². The lowest BCUT2D eigenvalue weighted by Crippen LogP contribution is -2.00. The van der Waals surface area contributed by atoms with E-state index in [1.165, 1.54) is 6.26 Å². The number of hydrogen-bond acceptors (Lipinski definition) is 4. The predicted molar refractivity (Wildman–Crippen MR) is 89.9 cm³/mol. The standard InChI is InChI=1S/C15H15BrO3S2/c1-21(17,18)15-8-6-14(7-9-15)20-11-10-19-13-4-2-12(16)3-5-13/h2-9H,10-11H2,1H3. The van der Waals surface area contributed by atoms with E-state index in [9.17, 15) is 8.42 Å². The van der Waals surface area contributed by atoms with Crippen molar-refractivity contribution in [2.45, 2.75) is 9.79 Å². The lowest BCUT2D eigenvalue weighted by atomic mass is 10.3. The number of thioether (sulfide) groups is 1. The first-order valence-corrected chi connectivity index (χ1v) is 9.93. The lowest BCUT2D eigenvalue weighted by molar-refractivity contribution is 0.344. The summed E-state index contributed by atoms with van der Waals surface area (Å²) in [6, 6.07) is 14.6. The summed E-state index contributed by atoms with van der Waals surface area (Å²) in [6.45, 7) is 0.597. The van der Waals surface area contributed by atoms with Crippen LogP contribution < -0.4 is 4.74 Å². The Kier molecular flexibility index (Phi) is 5.72. The second-order valence-electron chi connectivity index (χ2n) is 4.39. The Morgan fingerprint density at radius 3 is 2.24 bits per heavy atom. The highest BCUT2D eigenvalue weighted by Gasteiger charge is 2.06. The Labute approximate surface area is 137 Å². The van der Waals surface area contributed by atoms with Gasteiger partial charge in [0.15, 0.2) is 9.84 Å². The van der Waals surface area contributed by atoms with Crippen LogP contribution >= 0.6 is 27.7 Å². The molecule has 0 radical (unpaired) electrons. The van der Waals surface area contributed by atoms with Crippen molar-refractivity contribution in [2.75, 3.05) is 18.6 Å². The van der Waals surface area contributed by atoms with Gasteiger partial charge >= 0.3 is 0 Å². The van der Waals surface area contributed by atoms with E-state index in [0.29, 0.717) is 11.5 Å². The number of rotatable bonds is 6. The topological polar surface area (TPSA) is 43.4 Å². The maximum absolute atomic E-state index is 11.4. The largest absolute Gasteiger partial charge is 0.493 e. The van der Waals surface area contributed by atoms with E-state index >= 15 is 0 Å². The van der Waals surface area contributed by atoms with Gasteiger partial charge in [-0.3, -0.25) is 0 Å². The van der Waals surface area contributed by atoms with Gasteiger partial charge in [0, 0.05) is 21.4 Å². The molecule has 0 aliphatic rings. The van der Waals surface area contributed by atoms with E-state index in [1.54, 1.807) is 23.9 Å². The number of halogens is 1. The molecule has 0 spiro atoms. The van der Waals surface area contributed by atoms with Gasteiger partial charge in [0.05, 0.1) is 11.5 Å². The van der Waals surface area contributed by atoms with Crippen LogP contribution in [0.3, 0.4) is 0 Å². The molecule has 0 atom stereocenters. The monoisotopic (exact) mass is 386 g/mol. The number of hydrogen-bond donors (Lipinski definition) is 0. The molecule has 0 heterocycles. The second kappa shape index (κ2) is 7.33. The molecule has 21 heavy (non-hydrogen) atoms. The van der Waals surface area contributed by atoms with Crippen molar-refractivity contribution in [1.82, 2.24) is 0 Å². The van der Waals surface area contributed by atoms with Crippen LogP contribution in [-0.2, 0) is 9.84 Å². The minimum absolute atomic E-state index is 0.345. The third kappa shape index (κ3) is 5.37.